The van der Waals surface area contributed by atoms with Gasteiger partial charge in [-0.1, -0.05) is 48.0 Å². The molecule has 0 fully saturated rings. The van der Waals surface area contributed by atoms with Crippen LogP contribution in [0.1, 0.15) is 18.1 Å². The maximum atomic E-state index is 6.43. The number of nitrogens with one attached hydrogen (secondary N) is 1. The van der Waals surface area contributed by atoms with Crippen LogP contribution in [0.25, 0.3) is 17.1 Å². The molecule has 0 aliphatic rings. The van der Waals surface area contributed by atoms with Gasteiger partial charge in [-0.2, -0.15) is 4.68 Å². The van der Waals surface area contributed by atoms with Crippen LogP contribution < -0.4 is 4.90 Å². The van der Waals surface area contributed by atoms with Crippen molar-refractivity contribution in [2.75, 3.05) is 6.54 Å². The molecule has 0 saturated carbocycles. The van der Waals surface area contributed by atoms with E-state index in [1.165, 1.54) is 10.5 Å². The number of hydrogen-bond acceptors (Lipinski definition) is 3. The Kier molecular flexibility index (Phi) is 6.61. The first kappa shape index (κ1) is 21.4. The summed E-state index contributed by atoms with van der Waals surface area (Å²) in [6, 6.07) is 20.3. The maximum Gasteiger partial charge on any atom is 0.207 e. The van der Waals surface area contributed by atoms with Crippen molar-refractivity contribution in [3.05, 3.63) is 94.0 Å². The van der Waals surface area contributed by atoms with Crippen molar-refractivity contribution in [1.82, 2.24) is 19.3 Å². The molecule has 1 unspecified atom stereocenters. The second-order valence-electron chi connectivity index (χ2n) is 7.49. The molecule has 4 rings (SSSR count). The van der Waals surface area contributed by atoms with Gasteiger partial charge >= 0.3 is 0 Å². The Hall–Kier alpha value is -2.80. The van der Waals surface area contributed by atoms with Crippen LogP contribution in [-0.4, -0.2) is 25.9 Å². The zero-order valence-electron chi connectivity index (χ0n) is 17.6. The van der Waals surface area contributed by atoms with Crippen molar-refractivity contribution in [3.8, 4) is 17.1 Å². The lowest BCUT2D eigenvalue weighted by atomic mass is 10.2. The molecule has 31 heavy (non-hydrogen) atoms. The molecule has 0 saturated heterocycles. The lowest BCUT2D eigenvalue weighted by Gasteiger charge is -2.17. The monoisotopic (exact) mass is 450 g/mol. The van der Waals surface area contributed by atoms with E-state index in [9.17, 15) is 0 Å². The fourth-order valence-corrected chi connectivity index (χ4v) is 4.10. The summed E-state index contributed by atoms with van der Waals surface area (Å²) < 4.78 is 4.59. The highest BCUT2D eigenvalue weighted by Gasteiger charge is 2.19. The van der Waals surface area contributed by atoms with Crippen LogP contribution in [0, 0.1) is 11.7 Å². The summed E-state index contributed by atoms with van der Waals surface area (Å²) in [5.41, 5.74) is 4.17. The molecule has 1 atom stereocenters. The van der Waals surface area contributed by atoms with Gasteiger partial charge in [0.15, 0.2) is 12.5 Å². The third-order valence-corrected chi connectivity index (χ3v) is 6.23. The second-order valence-corrected chi connectivity index (χ2v) is 8.26. The number of rotatable bonds is 7. The summed E-state index contributed by atoms with van der Waals surface area (Å²) in [5.74, 6) is 0.785. The van der Waals surface area contributed by atoms with Gasteiger partial charge in [0.05, 0.1) is 12.2 Å². The third kappa shape index (κ3) is 4.61. The number of benzene rings is 2. The zero-order chi connectivity index (χ0) is 21.8. The molecule has 2 heterocycles. The Morgan fingerprint density at radius 3 is 2.45 bits per heavy atom. The molecule has 4 aromatic rings. The highest BCUT2D eigenvalue weighted by molar-refractivity contribution is 7.71. The summed E-state index contributed by atoms with van der Waals surface area (Å²) in [5, 5.41) is 5.65. The smallest absolute Gasteiger partial charge is 0.207 e. The molecular formula is C24H25ClN5S+. The summed E-state index contributed by atoms with van der Waals surface area (Å²) in [4.78, 5) is 5.52. The molecule has 0 aliphatic heterocycles. The summed E-state index contributed by atoms with van der Waals surface area (Å²) in [7, 11) is 0. The Bertz CT molecular complexity index is 1220. The zero-order valence-corrected chi connectivity index (χ0v) is 19.2. The summed E-state index contributed by atoms with van der Waals surface area (Å²) in [6.45, 7) is 6.74. The molecule has 158 valence electrons. The highest BCUT2D eigenvalue weighted by atomic mass is 35.5. The van der Waals surface area contributed by atoms with Gasteiger partial charge in [-0.15, -0.1) is 5.10 Å². The van der Waals surface area contributed by atoms with Crippen LogP contribution in [-0.2, 0) is 13.2 Å². The van der Waals surface area contributed by atoms with Gasteiger partial charge in [-0.3, -0.25) is 9.55 Å². The van der Waals surface area contributed by atoms with Crippen molar-refractivity contribution in [3.63, 3.8) is 0 Å². The maximum absolute atomic E-state index is 6.43. The van der Waals surface area contributed by atoms with Gasteiger partial charge in [-0.25, -0.2) is 0 Å². The fraction of sp³-hybridized carbons (Fsp3) is 0.208. The molecule has 2 aromatic carbocycles. The fourth-order valence-electron chi connectivity index (χ4n) is 3.64. The highest BCUT2D eigenvalue weighted by Crippen LogP contribution is 2.27. The van der Waals surface area contributed by atoms with Crippen LogP contribution in [0.15, 0.2) is 73.1 Å². The molecule has 2 aromatic heterocycles. The van der Waals surface area contributed by atoms with Crippen LogP contribution in [0.3, 0.4) is 0 Å². The molecule has 0 radical (unpaired) electrons. The molecule has 0 aliphatic carbocycles. The van der Waals surface area contributed by atoms with E-state index >= 15 is 0 Å². The Morgan fingerprint density at radius 1 is 1.00 bits per heavy atom. The van der Waals surface area contributed by atoms with E-state index in [1.54, 1.807) is 12.4 Å². The van der Waals surface area contributed by atoms with E-state index in [4.69, 9.17) is 28.9 Å². The Morgan fingerprint density at radius 2 is 1.74 bits per heavy atom. The van der Waals surface area contributed by atoms with Crippen LogP contribution in [0.4, 0.5) is 0 Å². The number of quaternary nitrogens is 1. The van der Waals surface area contributed by atoms with E-state index in [2.05, 4.69) is 36.2 Å². The minimum atomic E-state index is 0.649. The predicted molar refractivity (Wildman–Crippen MR) is 127 cm³/mol. The molecule has 5 nitrogen and oxygen atoms in total. The SMILES string of the molecule is CC[NH+](Cc1ccccc1)Cn1nc(-c2ccncc2)n(-c2cccc(Cl)c2C)c1=S. The number of nitrogens with zero attached hydrogens (tertiary/aromatic N) is 4. The topological polar surface area (TPSA) is 40.1 Å². The van der Waals surface area contributed by atoms with Gasteiger partial charge in [0, 0.05) is 28.5 Å². The first-order valence-electron chi connectivity index (χ1n) is 10.3. The van der Waals surface area contributed by atoms with Crippen molar-refractivity contribution in [1.29, 1.82) is 0 Å². The lowest BCUT2D eigenvalue weighted by molar-refractivity contribution is -0.935. The van der Waals surface area contributed by atoms with Crippen LogP contribution in [0.2, 0.25) is 5.02 Å². The lowest BCUT2D eigenvalue weighted by Crippen LogP contribution is -3.09. The summed E-state index contributed by atoms with van der Waals surface area (Å²) in [6.07, 6.45) is 3.54. The van der Waals surface area contributed by atoms with Crippen LogP contribution in [0.5, 0.6) is 0 Å². The molecule has 0 spiro atoms. The van der Waals surface area contributed by atoms with Crippen molar-refractivity contribution in [2.45, 2.75) is 27.1 Å². The number of hydrogen-bond donors (Lipinski definition) is 1. The number of aromatic nitrogens is 4. The second kappa shape index (κ2) is 9.56. The predicted octanol–water partition coefficient (Wildman–Crippen LogP) is 4.49. The van der Waals surface area contributed by atoms with E-state index in [1.807, 2.05) is 52.6 Å². The third-order valence-electron chi connectivity index (χ3n) is 5.43. The minimum absolute atomic E-state index is 0.649. The van der Waals surface area contributed by atoms with Gasteiger partial charge in [-0.05, 0) is 55.9 Å². The Labute approximate surface area is 192 Å². The van der Waals surface area contributed by atoms with Crippen molar-refractivity contribution >= 4 is 23.8 Å². The van der Waals surface area contributed by atoms with Gasteiger partial charge in [0.25, 0.3) is 0 Å². The van der Waals surface area contributed by atoms with E-state index < -0.39 is 0 Å². The van der Waals surface area contributed by atoms with Gasteiger partial charge < -0.3 is 4.90 Å². The molecule has 0 bridgehead atoms. The average Bonchev–Trinajstić information content (AvgIpc) is 3.12. The largest absolute Gasteiger partial charge is 0.313 e. The Balaban J connectivity index is 1.78. The van der Waals surface area contributed by atoms with E-state index in [0.29, 0.717) is 16.5 Å². The van der Waals surface area contributed by atoms with Crippen molar-refractivity contribution in [2.24, 2.45) is 0 Å². The standard InChI is InChI=1S/C24H24ClN5S/c1-3-28(16-19-8-5-4-6-9-19)17-29-24(31)30(22-11-7-10-21(25)18(22)2)23(27-29)20-12-14-26-15-13-20/h4-15H,3,16-17H2,1-2H3/p+1. The normalized spacial score (nSPS) is 12.1. The van der Waals surface area contributed by atoms with Crippen LogP contribution >= 0.6 is 23.8 Å². The molecule has 1 N–H and O–H groups in total. The first-order valence-corrected chi connectivity index (χ1v) is 11.1. The quantitative estimate of drug-likeness (QED) is 0.422. The number of halogens is 1. The number of pyridine rings is 1. The molecule has 0 amide bonds. The summed E-state index contributed by atoms with van der Waals surface area (Å²) >= 11 is 12.3. The average molecular weight is 451 g/mol. The molecule has 7 heteroatoms. The minimum Gasteiger partial charge on any atom is -0.313 e. The van der Waals surface area contributed by atoms with E-state index in [-0.39, 0.29) is 0 Å². The van der Waals surface area contributed by atoms with E-state index in [0.717, 1.165) is 35.7 Å². The van der Waals surface area contributed by atoms with Gasteiger partial charge in [0.1, 0.15) is 6.54 Å². The first-order chi connectivity index (χ1) is 15.1. The molecular weight excluding hydrogens is 426 g/mol. The van der Waals surface area contributed by atoms with Crippen molar-refractivity contribution < 1.29 is 4.90 Å². The van der Waals surface area contributed by atoms with Gasteiger partial charge in [0.2, 0.25) is 4.77 Å².